The number of hydrogen-bond donors (Lipinski definition) is 2. The zero-order valence-electron chi connectivity index (χ0n) is 16.6. The number of carbonyl (C=O) groups excluding carboxylic acids is 1. The van der Waals surface area contributed by atoms with Gasteiger partial charge < -0.3 is 10.6 Å². The van der Waals surface area contributed by atoms with Crippen molar-refractivity contribution in [1.29, 1.82) is 0 Å². The van der Waals surface area contributed by atoms with Crippen LogP contribution in [0.2, 0.25) is 5.02 Å². The van der Waals surface area contributed by atoms with Gasteiger partial charge in [0.2, 0.25) is 5.91 Å². The fraction of sp³-hybridized carbons (Fsp3) is 0.500. The Morgan fingerprint density at radius 3 is 2.69 bits per heavy atom. The molecule has 2 aromatic rings. The lowest BCUT2D eigenvalue weighted by Gasteiger charge is -2.32. The van der Waals surface area contributed by atoms with Crippen molar-refractivity contribution in [3.63, 3.8) is 0 Å². The van der Waals surface area contributed by atoms with Gasteiger partial charge in [-0.2, -0.15) is 0 Å². The van der Waals surface area contributed by atoms with Crippen molar-refractivity contribution in [3.8, 4) is 11.4 Å². The molecule has 0 unspecified atom stereocenters. The smallest absolute Gasteiger partial charge is 0.237 e. The lowest BCUT2D eigenvalue weighted by Crippen LogP contribution is -2.45. The second-order valence-electron chi connectivity index (χ2n) is 8.06. The molecule has 154 valence electrons. The second kappa shape index (κ2) is 9.65. The van der Waals surface area contributed by atoms with E-state index in [1.54, 1.807) is 0 Å². The Bertz CT molecular complexity index is 805. The fourth-order valence-electron chi connectivity index (χ4n) is 4.18. The Morgan fingerprint density at radius 1 is 1.17 bits per heavy atom. The lowest BCUT2D eigenvalue weighted by atomic mass is 9.97. The molecule has 7 heteroatoms. The highest BCUT2D eigenvalue weighted by atomic mass is 35.5. The molecule has 0 aliphatic carbocycles. The van der Waals surface area contributed by atoms with E-state index in [1.165, 1.54) is 6.42 Å². The molecule has 0 saturated carbocycles. The minimum atomic E-state index is 0.00555. The van der Waals surface area contributed by atoms with E-state index in [4.69, 9.17) is 11.6 Å². The molecule has 2 aliphatic rings. The SMILES string of the molecule is O=C(NC[C@H]1CCCN(Cc2cnc(-c3ccc(Cl)cc3)nc2)C1)[C@H]1CCCN1. The summed E-state index contributed by atoms with van der Waals surface area (Å²) in [5.41, 5.74) is 2.08. The molecule has 1 aromatic carbocycles. The highest BCUT2D eigenvalue weighted by Gasteiger charge is 2.24. The van der Waals surface area contributed by atoms with E-state index in [0.29, 0.717) is 16.8 Å². The normalized spacial score (nSPS) is 22.5. The number of piperidine rings is 1. The van der Waals surface area contributed by atoms with E-state index in [1.807, 2.05) is 36.7 Å². The number of hydrogen-bond acceptors (Lipinski definition) is 5. The van der Waals surface area contributed by atoms with E-state index in [9.17, 15) is 4.79 Å². The Balaban J connectivity index is 1.27. The molecule has 0 bridgehead atoms. The van der Waals surface area contributed by atoms with Crippen molar-refractivity contribution < 1.29 is 4.79 Å². The number of aromatic nitrogens is 2. The molecule has 6 nitrogen and oxygen atoms in total. The van der Waals surface area contributed by atoms with Gasteiger partial charge in [-0.15, -0.1) is 0 Å². The molecule has 2 saturated heterocycles. The molecule has 2 N–H and O–H groups in total. The summed E-state index contributed by atoms with van der Waals surface area (Å²) < 4.78 is 0. The van der Waals surface area contributed by atoms with Crippen LogP contribution in [0, 0.1) is 5.92 Å². The first-order chi connectivity index (χ1) is 14.2. The summed E-state index contributed by atoms with van der Waals surface area (Å²) in [6.45, 7) is 4.63. The zero-order valence-corrected chi connectivity index (χ0v) is 17.4. The van der Waals surface area contributed by atoms with Crippen molar-refractivity contribution >= 4 is 17.5 Å². The molecule has 0 radical (unpaired) electrons. The van der Waals surface area contributed by atoms with Gasteiger partial charge >= 0.3 is 0 Å². The third kappa shape index (κ3) is 5.53. The number of nitrogens with zero attached hydrogens (tertiary/aromatic N) is 3. The highest BCUT2D eigenvalue weighted by molar-refractivity contribution is 6.30. The first-order valence-electron chi connectivity index (χ1n) is 10.5. The zero-order chi connectivity index (χ0) is 20.1. The van der Waals surface area contributed by atoms with Crippen LogP contribution >= 0.6 is 11.6 Å². The topological polar surface area (TPSA) is 70.2 Å². The Morgan fingerprint density at radius 2 is 1.97 bits per heavy atom. The summed E-state index contributed by atoms with van der Waals surface area (Å²) in [5, 5.41) is 7.12. The number of benzene rings is 1. The van der Waals surface area contributed by atoms with Crippen molar-refractivity contribution in [3.05, 3.63) is 47.2 Å². The molecule has 1 aromatic heterocycles. The quantitative estimate of drug-likeness (QED) is 0.762. The van der Waals surface area contributed by atoms with Gasteiger partial charge in [-0.05, 0) is 69.0 Å². The van der Waals surface area contributed by atoms with Gasteiger partial charge in [0, 0.05) is 48.2 Å². The van der Waals surface area contributed by atoms with Crippen LogP contribution in [0.15, 0.2) is 36.7 Å². The molecular formula is C22H28ClN5O. The van der Waals surface area contributed by atoms with Crippen LogP contribution in [-0.2, 0) is 11.3 Å². The summed E-state index contributed by atoms with van der Waals surface area (Å²) in [6, 6.07) is 7.57. The van der Waals surface area contributed by atoms with E-state index in [2.05, 4.69) is 25.5 Å². The molecule has 2 aliphatic heterocycles. The highest BCUT2D eigenvalue weighted by Crippen LogP contribution is 2.20. The molecular weight excluding hydrogens is 386 g/mol. The molecule has 0 spiro atoms. The van der Waals surface area contributed by atoms with Gasteiger partial charge in [0.1, 0.15) is 0 Å². The Hall–Kier alpha value is -2.02. The van der Waals surface area contributed by atoms with Crippen LogP contribution in [-0.4, -0.2) is 53.0 Å². The van der Waals surface area contributed by atoms with Crippen LogP contribution in [0.5, 0.6) is 0 Å². The first-order valence-corrected chi connectivity index (χ1v) is 10.9. The van der Waals surface area contributed by atoms with Gasteiger partial charge in [-0.25, -0.2) is 9.97 Å². The van der Waals surface area contributed by atoms with Gasteiger partial charge in [0.05, 0.1) is 6.04 Å². The molecule has 29 heavy (non-hydrogen) atoms. The number of carbonyl (C=O) groups is 1. The van der Waals surface area contributed by atoms with Gasteiger partial charge in [0.25, 0.3) is 0 Å². The maximum atomic E-state index is 12.2. The van der Waals surface area contributed by atoms with Crippen LogP contribution in [0.25, 0.3) is 11.4 Å². The minimum absolute atomic E-state index is 0.00555. The van der Waals surface area contributed by atoms with Gasteiger partial charge in [-0.1, -0.05) is 11.6 Å². The predicted octanol–water partition coefficient (Wildman–Crippen LogP) is 2.88. The van der Waals surface area contributed by atoms with Crippen molar-refractivity contribution in [2.45, 2.75) is 38.3 Å². The van der Waals surface area contributed by atoms with Crippen LogP contribution in [0.1, 0.15) is 31.2 Å². The number of rotatable bonds is 6. The maximum absolute atomic E-state index is 12.2. The number of amides is 1. The molecule has 1 amide bonds. The van der Waals surface area contributed by atoms with Crippen molar-refractivity contribution in [2.75, 3.05) is 26.2 Å². The average Bonchev–Trinajstić information content (AvgIpc) is 3.29. The third-order valence-corrected chi connectivity index (χ3v) is 6.01. The predicted molar refractivity (Wildman–Crippen MR) is 115 cm³/mol. The summed E-state index contributed by atoms with van der Waals surface area (Å²) in [4.78, 5) is 23.7. The van der Waals surface area contributed by atoms with Gasteiger partial charge in [0.15, 0.2) is 5.82 Å². The second-order valence-corrected chi connectivity index (χ2v) is 8.50. The van der Waals surface area contributed by atoms with Crippen molar-refractivity contribution in [2.24, 2.45) is 5.92 Å². The molecule has 2 fully saturated rings. The summed E-state index contributed by atoms with van der Waals surface area (Å²) in [7, 11) is 0. The first kappa shape index (κ1) is 20.3. The lowest BCUT2D eigenvalue weighted by molar-refractivity contribution is -0.123. The standard InChI is InChI=1S/C22H28ClN5O/c23-19-7-5-18(6-8-19)21-25-12-17(13-26-21)15-28-10-2-3-16(14-28)11-27-22(29)20-4-1-9-24-20/h5-8,12-13,16,20,24H,1-4,9-11,14-15H2,(H,27,29)/t16-,20-/m1/s1. The van der Waals surface area contributed by atoms with E-state index < -0.39 is 0 Å². The maximum Gasteiger partial charge on any atom is 0.237 e. The summed E-state index contributed by atoms with van der Waals surface area (Å²) in [6.07, 6.45) is 8.19. The number of halogens is 1. The minimum Gasteiger partial charge on any atom is -0.354 e. The van der Waals surface area contributed by atoms with Crippen LogP contribution < -0.4 is 10.6 Å². The number of nitrogens with one attached hydrogen (secondary N) is 2. The largest absolute Gasteiger partial charge is 0.354 e. The molecule has 3 heterocycles. The van der Waals surface area contributed by atoms with Gasteiger partial charge in [-0.3, -0.25) is 9.69 Å². The van der Waals surface area contributed by atoms with Crippen molar-refractivity contribution in [1.82, 2.24) is 25.5 Å². The third-order valence-electron chi connectivity index (χ3n) is 5.76. The van der Waals surface area contributed by atoms with E-state index in [0.717, 1.165) is 63.1 Å². The van der Waals surface area contributed by atoms with E-state index in [-0.39, 0.29) is 11.9 Å². The Labute approximate surface area is 177 Å². The van der Waals surface area contributed by atoms with E-state index >= 15 is 0 Å². The molecule has 2 atom stereocenters. The van der Waals surface area contributed by atoms with Crippen LogP contribution in [0.3, 0.4) is 0 Å². The molecule has 4 rings (SSSR count). The summed E-state index contributed by atoms with van der Waals surface area (Å²) >= 11 is 5.94. The average molecular weight is 414 g/mol. The monoisotopic (exact) mass is 413 g/mol. The number of likely N-dealkylation sites (tertiary alicyclic amines) is 1. The Kier molecular flexibility index (Phi) is 6.74. The summed E-state index contributed by atoms with van der Waals surface area (Å²) in [5.74, 6) is 1.37. The van der Waals surface area contributed by atoms with Crippen LogP contribution in [0.4, 0.5) is 0 Å². The fourth-order valence-corrected chi connectivity index (χ4v) is 4.31.